The first-order valence-corrected chi connectivity index (χ1v) is 4.40. The van der Waals surface area contributed by atoms with Crippen LogP contribution in [0.25, 0.3) is 0 Å². The van der Waals surface area contributed by atoms with Gasteiger partial charge in [-0.2, -0.15) is 0 Å². The van der Waals surface area contributed by atoms with Crippen LogP contribution in [0.4, 0.5) is 4.39 Å². The summed E-state index contributed by atoms with van der Waals surface area (Å²) >= 11 is 5.61. The van der Waals surface area contributed by atoms with Crippen molar-refractivity contribution in [2.45, 2.75) is 13.8 Å². The first-order valence-electron chi connectivity index (χ1n) is 4.02. The number of methoxy groups -OCH3 is 1. The van der Waals surface area contributed by atoms with Crippen molar-refractivity contribution in [2.75, 3.05) is 7.11 Å². The van der Waals surface area contributed by atoms with Crippen molar-refractivity contribution in [3.05, 3.63) is 28.0 Å². The second-order valence-corrected chi connectivity index (χ2v) is 3.34. The Morgan fingerprint density at radius 1 is 1.57 bits per heavy atom. The quantitative estimate of drug-likeness (QED) is 0.711. The number of hydrogen-bond donors (Lipinski definition) is 0. The zero-order chi connectivity index (χ0) is 10.9. The highest BCUT2D eigenvalue weighted by atomic mass is 35.5. The molecule has 0 heterocycles. The second-order valence-electron chi connectivity index (χ2n) is 2.93. The van der Waals surface area contributed by atoms with Gasteiger partial charge in [0.05, 0.1) is 17.7 Å². The number of Topliss-reactive ketones (excluding diaryl/α,β-unsaturated/α-hetero) is 1. The monoisotopic (exact) mass is 216 g/mol. The molecule has 0 spiro atoms. The predicted molar refractivity (Wildman–Crippen MR) is 52.7 cm³/mol. The van der Waals surface area contributed by atoms with E-state index in [0.29, 0.717) is 5.56 Å². The minimum Gasteiger partial charge on any atom is -0.496 e. The number of hydrogen-bond acceptors (Lipinski definition) is 2. The standard InChI is InChI=1S/C10H10ClFO2/c1-5-9(12)8(11)4-7(6(2)13)10(5)14-3/h4H,1-3H3. The van der Waals surface area contributed by atoms with Crippen LogP contribution in [-0.2, 0) is 0 Å². The summed E-state index contributed by atoms with van der Waals surface area (Å²) in [6.45, 7) is 2.90. The van der Waals surface area contributed by atoms with Gasteiger partial charge in [0.2, 0.25) is 0 Å². The lowest BCUT2D eigenvalue weighted by molar-refractivity contribution is 0.101. The molecule has 0 fully saturated rings. The van der Waals surface area contributed by atoms with E-state index < -0.39 is 5.82 Å². The molecule has 2 nitrogen and oxygen atoms in total. The zero-order valence-corrected chi connectivity index (χ0v) is 8.91. The fraction of sp³-hybridized carbons (Fsp3) is 0.300. The highest BCUT2D eigenvalue weighted by Crippen LogP contribution is 2.31. The predicted octanol–water partition coefficient (Wildman–Crippen LogP) is 3.00. The average molecular weight is 217 g/mol. The summed E-state index contributed by atoms with van der Waals surface area (Å²) in [6, 6.07) is 1.28. The van der Waals surface area contributed by atoms with Crippen molar-refractivity contribution in [1.82, 2.24) is 0 Å². The van der Waals surface area contributed by atoms with Crippen molar-refractivity contribution in [3.8, 4) is 5.75 Å². The Morgan fingerprint density at radius 2 is 2.14 bits per heavy atom. The number of halogens is 2. The number of rotatable bonds is 2. The number of ketones is 1. The van der Waals surface area contributed by atoms with Gasteiger partial charge in [0.25, 0.3) is 0 Å². The second kappa shape index (κ2) is 3.96. The van der Waals surface area contributed by atoms with Gasteiger partial charge in [-0.15, -0.1) is 0 Å². The van der Waals surface area contributed by atoms with Crippen LogP contribution in [0.3, 0.4) is 0 Å². The Balaban J connectivity index is 3.51. The van der Waals surface area contributed by atoms with E-state index >= 15 is 0 Å². The molecule has 0 aliphatic heterocycles. The van der Waals surface area contributed by atoms with E-state index in [-0.39, 0.29) is 22.1 Å². The minimum atomic E-state index is -0.548. The molecule has 0 aromatic heterocycles. The fourth-order valence-electron chi connectivity index (χ4n) is 1.26. The lowest BCUT2D eigenvalue weighted by atomic mass is 10.1. The van der Waals surface area contributed by atoms with Gasteiger partial charge in [0.15, 0.2) is 5.78 Å². The largest absolute Gasteiger partial charge is 0.496 e. The molecule has 0 unspecified atom stereocenters. The van der Waals surface area contributed by atoms with Crippen LogP contribution in [0.1, 0.15) is 22.8 Å². The highest BCUT2D eigenvalue weighted by molar-refractivity contribution is 6.31. The van der Waals surface area contributed by atoms with Gasteiger partial charge in [-0.05, 0) is 19.9 Å². The van der Waals surface area contributed by atoms with E-state index in [9.17, 15) is 9.18 Å². The Kier molecular flexibility index (Phi) is 3.11. The van der Waals surface area contributed by atoms with E-state index in [4.69, 9.17) is 16.3 Å². The van der Waals surface area contributed by atoms with Crippen LogP contribution in [0.2, 0.25) is 5.02 Å². The summed E-state index contributed by atoms with van der Waals surface area (Å²) < 4.78 is 18.3. The Labute approximate surface area is 86.6 Å². The molecule has 4 heteroatoms. The number of carbonyl (C=O) groups excluding carboxylic acids is 1. The van der Waals surface area contributed by atoms with Gasteiger partial charge in [0, 0.05) is 5.56 Å². The summed E-state index contributed by atoms with van der Waals surface area (Å²) in [5.41, 5.74) is 0.557. The smallest absolute Gasteiger partial charge is 0.163 e. The molecule has 0 bridgehead atoms. The molecule has 14 heavy (non-hydrogen) atoms. The molecule has 0 saturated heterocycles. The molecule has 1 aromatic carbocycles. The van der Waals surface area contributed by atoms with Crippen molar-refractivity contribution in [1.29, 1.82) is 0 Å². The van der Waals surface area contributed by atoms with Crippen LogP contribution in [-0.4, -0.2) is 12.9 Å². The minimum absolute atomic E-state index is 0.0616. The molecule has 0 aliphatic carbocycles. The van der Waals surface area contributed by atoms with Gasteiger partial charge in [-0.1, -0.05) is 11.6 Å². The van der Waals surface area contributed by atoms with Crippen molar-refractivity contribution >= 4 is 17.4 Å². The van der Waals surface area contributed by atoms with E-state index in [2.05, 4.69) is 0 Å². The van der Waals surface area contributed by atoms with E-state index in [1.807, 2.05) is 0 Å². The summed E-state index contributed by atoms with van der Waals surface area (Å²) in [6.07, 6.45) is 0. The number of carbonyl (C=O) groups is 1. The lowest BCUT2D eigenvalue weighted by Gasteiger charge is -2.10. The van der Waals surface area contributed by atoms with Gasteiger partial charge >= 0.3 is 0 Å². The first-order chi connectivity index (χ1) is 6.49. The molecule has 0 saturated carbocycles. The molecular formula is C10H10ClFO2. The van der Waals surface area contributed by atoms with Crippen molar-refractivity contribution < 1.29 is 13.9 Å². The molecule has 0 atom stereocenters. The van der Waals surface area contributed by atoms with Crippen molar-refractivity contribution in [2.24, 2.45) is 0 Å². The summed E-state index contributed by atoms with van der Waals surface area (Å²) in [5.74, 6) is -0.500. The maximum Gasteiger partial charge on any atom is 0.163 e. The number of ether oxygens (including phenoxy) is 1. The molecule has 0 amide bonds. The summed E-state index contributed by atoms with van der Waals surface area (Å²) in [7, 11) is 1.39. The van der Waals surface area contributed by atoms with Crippen molar-refractivity contribution in [3.63, 3.8) is 0 Å². The van der Waals surface area contributed by atoms with Crippen LogP contribution >= 0.6 is 11.6 Å². The third-order valence-corrected chi connectivity index (χ3v) is 2.25. The maximum atomic E-state index is 13.3. The Bertz CT molecular complexity index is 388. The topological polar surface area (TPSA) is 26.3 Å². The molecule has 0 aliphatic rings. The fourth-order valence-corrected chi connectivity index (χ4v) is 1.51. The molecular weight excluding hydrogens is 207 g/mol. The molecule has 76 valence electrons. The van der Waals surface area contributed by atoms with E-state index in [1.165, 1.54) is 27.0 Å². The van der Waals surface area contributed by atoms with Crippen LogP contribution in [0.5, 0.6) is 5.75 Å². The molecule has 0 radical (unpaired) electrons. The van der Waals surface area contributed by atoms with Crippen LogP contribution in [0, 0.1) is 12.7 Å². The normalized spacial score (nSPS) is 10.1. The zero-order valence-electron chi connectivity index (χ0n) is 8.15. The third kappa shape index (κ3) is 1.73. The van der Waals surface area contributed by atoms with Gasteiger partial charge < -0.3 is 4.74 Å². The van der Waals surface area contributed by atoms with Gasteiger partial charge in [0.1, 0.15) is 11.6 Å². The maximum absolute atomic E-state index is 13.3. The summed E-state index contributed by atoms with van der Waals surface area (Å²) in [5, 5.41) is -0.0616. The molecule has 0 N–H and O–H groups in total. The average Bonchev–Trinajstić information content (AvgIpc) is 2.13. The SMILES string of the molecule is COc1c(C(C)=O)cc(Cl)c(F)c1C. The van der Waals surface area contributed by atoms with Crippen LogP contribution in [0.15, 0.2) is 6.07 Å². The molecule has 1 rings (SSSR count). The van der Waals surface area contributed by atoms with Crippen LogP contribution < -0.4 is 4.74 Å². The Morgan fingerprint density at radius 3 is 2.57 bits per heavy atom. The summed E-state index contributed by atoms with van der Waals surface area (Å²) in [4.78, 5) is 11.2. The Hall–Kier alpha value is -1.09. The number of benzene rings is 1. The van der Waals surface area contributed by atoms with Gasteiger partial charge in [-0.3, -0.25) is 4.79 Å². The lowest BCUT2D eigenvalue weighted by Crippen LogP contribution is -2.02. The first kappa shape index (κ1) is 11.0. The van der Waals surface area contributed by atoms with Gasteiger partial charge in [-0.25, -0.2) is 4.39 Å². The third-order valence-electron chi connectivity index (χ3n) is 1.98. The molecule has 1 aromatic rings. The highest BCUT2D eigenvalue weighted by Gasteiger charge is 2.17. The van der Waals surface area contributed by atoms with E-state index in [0.717, 1.165) is 0 Å². The van der Waals surface area contributed by atoms with E-state index in [1.54, 1.807) is 0 Å².